The maximum Gasteiger partial charge on any atom is 0.524 e. The third-order valence-electron chi connectivity index (χ3n) is 4.81. The van der Waals surface area contributed by atoms with Crippen LogP contribution >= 0.6 is 10.3 Å². The van der Waals surface area contributed by atoms with Gasteiger partial charge in [0.25, 0.3) is 0 Å². The number of benzene rings is 3. The lowest BCUT2D eigenvalue weighted by Crippen LogP contribution is -2.27. The zero-order valence-electron chi connectivity index (χ0n) is 19.3. The van der Waals surface area contributed by atoms with E-state index in [0.29, 0.717) is 24.7 Å². The van der Waals surface area contributed by atoms with Gasteiger partial charge in [0.2, 0.25) is 0 Å². The van der Waals surface area contributed by atoms with E-state index >= 15 is 0 Å². The molecule has 0 bridgehead atoms. The minimum atomic E-state index is -5.97. The van der Waals surface area contributed by atoms with E-state index in [-0.39, 0.29) is 14.7 Å². The number of hydrogen-bond acceptors (Lipinski definition) is 5. The fourth-order valence-electron chi connectivity index (χ4n) is 3.21. The Morgan fingerprint density at radius 3 is 1.43 bits per heavy atom. The Balaban J connectivity index is 2.25. The van der Waals surface area contributed by atoms with Crippen LogP contribution in [0.15, 0.2) is 93.5 Å². The van der Waals surface area contributed by atoms with Crippen molar-refractivity contribution in [3.05, 3.63) is 78.9 Å². The Morgan fingerprint density at radius 1 is 0.657 bits per heavy atom. The van der Waals surface area contributed by atoms with Crippen molar-refractivity contribution in [1.82, 2.24) is 0 Å². The number of alkyl halides is 3. The van der Waals surface area contributed by atoms with E-state index < -0.39 is 25.9 Å². The maximum absolute atomic E-state index is 13.6. The van der Waals surface area contributed by atoms with E-state index in [2.05, 4.69) is 0 Å². The van der Waals surface area contributed by atoms with Gasteiger partial charge < -0.3 is 9.47 Å². The number of halogens is 3. The first-order valence-corrected chi connectivity index (χ1v) is 14.0. The predicted octanol–water partition coefficient (Wildman–Crippen LogP) is 7.33. The topological polar surface area (TPSA) is 61.8 Å². The highest BCUT2D eigenvalue weighted by Crippen LogP contribution is 2.70. The van der Waals surface area contributed by atoms with Crippen molar-refractivity contribution in [3.8, 4) is 11.5 Å². The second kappa shape index (κ2) is 11.4. The molecule has 3 aromatic rings. The van der Waals surface area contributed by atoms with E-state index in [9.17, 15) is 21.6 Å². The van der Waals surface area contributed by atoms with Gasteiger partial charge in [-0.2, -0.15) is 25.2 Å². The van der Waals surface area contributed by atoms with Crippen LogP contribution in [0, 0.1) is 0 Å². The van der Waals surface area contributed by atoms with Crippen LogP contribution in [-0.4, -0.2) is 27.1 Å². The summed E-state index contributed by atoms with van der Waals surface area (Å²) in [6.45, 7) is 4.83. The summed E-state index contributed by atoms with van der Waals surface area (Å²) < 4.78 is 82.0. The SMILES string of the molecule is CCCOc1ccc(S(OS(=O)(=O)C(F)(F)F)(c2ccccc2)c2ccc(OCCC)cc2)cc1. The summed E-state index contributed by atoms with van der Waals surface area (Å²) in [6, 6.07) is 20.6. The molecule has 0 aliphatic rings. The summed E-state index contributed by atoms with van der Waals surface area (Å²) in [6.07, 6.45) is 1.56. The molecule has 190 valence electrons. The minimum Gasteiger partial charge on any atom is -0.494 e. The first-order valence-electron chi connectivity index (χ1n) is 11.0. The second-order valence-electron chi connectivity index (χ2n) is 7.48. The Kier molecular flexibility index (Phi) is 8.74. The largest absolute Gasteiger partial charge is 0.524 e. The average Bonchev–Trinajstić information content (AvgIpc) is 2.85. The summed E-state index contributed by atoms with van der Waals surface area (Å²) in [4.78, 5) is 0.822. The summed E-state index contributed by atoms with van der Waals surface area (Å²) in [5, 5.41) is 0. The summed E-state index contributed by atoms with van der Waals surface area (Å²) in [5.74, 6) is 1.03. The standard InChI is InChI=1S/C25H27F3O5S2/c1-3-18-31-20-10-14-23(15-11-20)34(22-8-6-5-7-9-22,33-35(29,30)25(26,27)28)24-16-12-21(13-17-24)32-19-4-2/h5-17H,3-4,18-19H2,1-2H3. The monoisotopic (exact) mass is 528 g/mol. The molecule has 10 heteroatoms. The van der Waals surface area contributed by atoms with Crippen molar-refractivity contribution in [1.29, 1.82) is 0 Å². The fraction of sp³-hybridized carbons (Fsp3) is 0.280. The van der Waals surface area contributed by atoms with Crippen LogP contribution in [0.2, 0.25) is 0 Å². The van der Waals surface area contributed by atoms with Crippen LogP contribution in [-0.2, 0) is 13.7 Å². The molecule has 3 aromatic carbocycles. The van der Waals surface area contributed by atoms with Crippen molar-refractivity contribution in [2.75, 3.05) is 13.2 Å². The molecule has 0 aliphatic heterocycles. The fourth-order valence-corrected chi connectivity index (χ4v) is 7.93. The smallest absolute Gasteiger partial charge is 0.494 e. The summed E-state index contributed by atoms with van der Waals surface area (Å²) in [5.41, 5.74) is -5.60. The molecule has 0 saturated carbocycles. The predicted molar refractivity (Wildman–Crippen MR) is 129 cm³/mol. The van der Waals surface area contributed by atoms with Gasteiger partial charge in [0.05, 0.1) is 13.2 Å². The highest BCUT2D eigenvalue weighted by Gasteiger charge is 2.52. The van der Waals surface area contributed by atoms with Crippen molar-refractivity contribution in [2.24, 2.45) is 0 Å². The highest BCUT2D eigenvalue weighted by molar-refractivity contribution is 8.33. The van der Waals surface area contributed by atoms with Gasteiger partial charge in [0.1, 0.15) is 11.5 Å². The molecule has 0 amide bonds. The number of hydrogen-bond donors (Lipinski definition) is 0. The van der Waals surface area contributed by atoms with Crippen LogP contribution in [0.4, 0.5) is 13.2 Å². The lowest BCUT2D eigenvalue weighted by Gasteiger charge is -2.39. The van der Waals surface area contributed by atoms with Gasteiger partial charge in [-0.05, 0) is 83.8 Å². The Bertz CT molecular complexity index is 1130. The molecular formula is C25H27F3O5S2. The molecule has 0 N–H and O–H groups in total. The molecule has 5 nitrogen and oxygen atoms in total. The van der Waals surface area contributed by atoms with E-state index in [1.165, 1.54) is 0 Å². The second-order valence-corrected chi connectivity index (χ2v) is 11.9. The maximum atomic E-state index is 13.6. The summed E-state index contributed by atoms with van der Waals surface area (Å²) in [7, 11) is -9.34. The highest BCUT2D eigenvalue weighted by atomic mass is 32.3. The van der Waals surface area contributed by atoms with Gasteiger partial charge in [-0.3, -0.25) is 0 Å². The van der Waals surface area contributed by atoms with E-state index in [0.717, 1.165) is 12.8 Å². The van der Waals surface area contributed by atoms with Gasteiger partial charge in [-0.15, -0.1) is 0 Å². The third-order valence-corrected chi connectivity index (χ3v) is 9.72. The molecule has 0 radical (unpaired) electrons. The lowest BCUT2D eigenvalue weighted by atomic mass is 10.3. The van der Waals surface area contributed by atoms with Crippen molar-refractivity contribution >= 4 is 20.4 Å². The van der Waals surface area contributed by atoms with Crippen LogP contribution in [0.5, 0.6) is 11.5 Å². The van der Waals surface area contributed by atoms with Crippen molar-refractivity contribution in [3.63, 3.8) is 0 Å². The normalized spacial score (nSPS) is 12.8. The first kappa shape index (κ1) is 26.9. The zero-order chi connectivity index (χ0) is 25.5. The molecule has 0 unspecified atom stereocenters. The Labute approximate surface area is 205 Å². The van der Waals surface area contributed by atoms with Gasteiger partial charge in [0, 0.05) is 14.7 Å². The molecule has 0 spiro atoms. The van der Waals surface area contributed by atoms with Crippen LogP contribution in [0.3, 0.4) is 0 Å². The van der Waals surface area contributed by atoms with E-state index in [4.69, 9.17) is 13.1 Å². The number of ether oxygens (including phenoxy) is 2. The van der Waals surface area contributed by atoms with E-state index in [1.54, 1.807) is 78.9 Å². The molecule has 0 saturated heterocycles. The molecule has 35 heavy (non-hydrogen) atoms. The van der Waals surface area contributed by atoms with Gasteiger partial charge >= 0.3 is 15.6 Å². The van der Waals surface area contributed by atoms with Crippen molar-refractivity contribution < 1.29 is 34.7 Å². The van der Waals surface area contributed by atoms with Gasteiger partial charge in [-0.25, -0.2) is 0 Å². The van der Waals surface area contributed by atoms with Crippen LogP contribution < -0.4 is 9.47 Å². The Hall–Kier alpha value is -2.69. The minimum absolute atomic E-state index is 0.266. The molecule has 3 rings (SSSR count). The lowest BCUT2D eigenvalue weighted by molar-refractivity contribution is -0.0496. The molecule has 0 aliphatic carbocycles. The van der Waals surface area contributed by atoms with Crippen LogP contribution in [0.1, 0.15) is 26.7 Å². The van der Waals surface area contributed by atoms with Crippen LogP contribution in [0.25, 0.3) is 0 Å². The molecule has 0 atom stereocenters. The number of rotatable bonds is 11. The average molecular weight is 529 g/mol. The molecule has 0 fully saturated rings. The third kappa shape index (κ3) is 6.12. The molecule has 0 aromatic heterocycles. The molecule has 0 heterocycles. The van der Waals surface area contributed by atoms with Gasteiger partial charge in [0.15, 0.2) is 0 Å². The van der Waals surface area contributed by atoms with Crippen molar-refractivity contribution in [2.45, 2.75) is 46.9 Å². The Morgan fingerprint density at radius 2 is 1.06 bits per heavy atom. The quantitative estimate of drug-likeness (QED) is 0.244. The zero-order valence-corrected chi connectivity index (χ0v) is 21.0. The van der Waals surface area contributed by atoms with E-state index in [1.807, 2.05) is 13.8 Å². The first-order chi connectivity index (χ1) is 16.6. The summed E-state index contributed by atoms with van der Waals surface area (Å²) >= 11 is 0. The molecular weight excluding hydrogens is 501 g/mol. The van der Waals surface area contributed by atoms with Gasteiger partial charge in [-0.1, -0.05) is 32.0 Å².